The molecule has 86 valence electrons. The van der Waals surface area contributed by atoms with E-state index in [4.69, 9.17) is 4.74 Å². The lowest BCUT2D eigenvalue weighted by atomic mass is 9.88. The number of hydrogen-bond acceptors (Lipinski definition) is 3. The van der Waals surface area contributed by atoms with Gasteiger partial charge in [-0.05, 0) is 25.2 Å². The van der Waals surface area contributed by atoms with E-state index in [1.54, 1.807) is 6.08 Å². The molecule has 0 spiro atoms. The second-order valence-electron chi connectivity index (χ2n) is 4.72. The quantitative estimate of drug-likeness (QED) is 0.689. The number of hydrogen-bond donors (Lipinski definition) is 2. The average molecular weight is 212 g/mol. The predicted octanol–water partition coefficient (Wildman–Crippen LogP) is 1.10. The molecule has 2 N–H and O–H groups in total. The molecule has 2 fully saturated rings. The lowest BCUT2D eigenvalue weighted by Gasteiger charge is -2.23. The molecular weight excluding hydrogens is 192 g/mol. The number of aliphatic hydroxyl groups is 2. The van der Waals surface area contributed by atoms with E-state index in [1.807, 2.05) is 0 Å². The average Bonchev–Trinajstić information content (AvgIpc) is 2.77. The third kappa shape index (κ3) is 2.25. The predicted molar refractivity (Wildman–Crippen MR) is 57.4 cm³/mol. The minimum atomic E-state index is -0.427. The summed E-state index contributed by atoms with van der Waals surface area (Å²) in [6.07, 6.45) is 4.77. The summed E-state index contributed by atoms with van der Waals surface area (Å²) >= 11 is 0. The maximum absolute atomic E-state index is 9.86. The van der Waals surface area contributed by atoms with Crippen molar-refractivity contribution in [3.05, 3.63) is 12.7 Å². The standard InChI is InChI=1S/C12H20O3/c1-2-9-10(12(14)7-11(9)13)6-8-4-3-5-15-8/h2,8-14H,1,3-7H2/t8?,9-,10-,11-,12+/m1/s1. The van der Waals surface area contributed by atoms with Crippen molar-refractivity contribution in [1.29, 1.82) is 0 Å². The van der Waals surface area contributed by atoms with Gasteiger partial charge in [-0.3, -0.25) is 0 Å². The van der Waals surface area contributed by atoms with Gasteiger partial charge in [0, 0.05) is 18.9 Å². The van der Waals surface area contributed by atoms with Crippen LogP contribution in [0, 0.1) is 11.8 Å². The second-order valence-corrected chi connectivity index (χ2v) is 4.72. The number of aliphatic hydroxyl groups excluding tert-OH is 2. The van der Waals surface area contributed by atoms with Gasteiger partial charge in [-0.2, -0.15) is 0 Å². The molecule has 5 atom stereocenters. The molecule has 1 saturated heterocycles. The Kier molecular flexibility index (Phi) is 3.44. The number of rotatable bonds is 3. The first-order chi connectivity index (χ1) is 7.22. The largest absolute Gasteiger partial charge is 0.393 e. The number of ether oxygens (including phenoxy) is 1. The van der Waals surface area contributed by atoms with Gasteiger partial charge in [0.25, 0.3) is 0 Å². The molecule has 0 bridgehead atoms. The minimum absolute atomic E-state index is 0.0317. The smallest absolute Gasteiger partial charge is 0.0631 e. The van der Waals surface area contributed by atoms with Gasteiger partial charge in [-0.25, -0.2) is 0 Å². The third-order valence-electron chi connectivity index (χ3n) is 3.75. The van der Waals surface area contributed by atoms with Crippen LogP contribution in [0.4, 0.5) is 0 Å². The zero-order valence-electron chi connectivity index (χ0n) is 9.01. The molecule has 2 rings (SSSR count). The van der Waals surface area contributed by atoms with E-state index >= 15 is 0 Å². The van der Waals surface area contributed by atoms with E-state index in [0.717, 1.165) is 25.9 Å². The molecule has 1 saturated carbocycles. The van der Waals surface area contributed by atoms with E-state index in [-0.39, 0.29) is 17.9 Å². The summed E-state index contributed by atoms with van der Waals surface area (Å²) in [5.74, 6) is 0.157. The van der Waals surface area contributed by atoms with E-state index < -0.39 is 12.2 Å². The van der Waals surface area contributed by atoms with Crippen molar-refractivity contribution in [2.24, 2.45) is 11.8 Å². The van der Waals surface area contributed by atoms with Crippen molar-refractivity contribution in [1.82, 2.24) is 0 Å². The summed E-state index contributed by atoms with van der Waals surface area (Å²) in [7, 11) is 0. The Morgan fingerprint density at radius 1 is 1.33 bits per heavy atom. The molecule has 0 aromatic heterocycles. The zero-order valence-corrected chi connectivity index (χ0v) is 9.01. The minimum Gasteiger partial charge on any atom is -0.393 e. The van der Waals surface area contributed by atoms with Gasteiger partial charge in [0.05, 0.1) is 18.3 Å². The first kappa shape index (κ1) is 11.1. The van der Waals surface area contributed by atoms with Gasteiger partial charge < -0.3 is 14.9 Å². The molecule has 0 radical (unpaired) electrons. The highest BCUT2D eigenvalue weighted by Crippen LogP contribution is 2.38. The Morgan fingerprint density at radius 2 is 2.13 bits per heavy atom. The Bertz CT molecular complexity index is 223. The monoisotopic (exact) mass is 212 g/mol. The Hall–Kier alpha value is -0.380. The fourth-order valence-electron chi connectivity index (χ4n) is 2.90. The lowest BCUT2D eigenvalue weighted by molar-refractivity contribution is 0.0492. The molecule has 2 aliphatic rings. The van der Waals surface area contributed by atoms with Gasteiger partial charge in [-0.1, -0.05) is 6.08 Å². The van der Waals surface area contributed by atoms with E-state index in [1.165, 1.54) is 0 Å². The summed E-state index contributed by atoms with van der Waals surface area (Å²) in [6, 6.07) is 0. The first-order valence-corrected chi connectivity index (χ1v) is 5.82. The van der Waals surface area contributed by atoms with Gasteiger partial charge in [0.1, 0.15) is 0 Å². The molecule has 3 nitrogen and oxygen atoms in total. The molecule has 0 amide bonds. The maximum Gasteiger partial charge on any atom is 0.0631 e. The molecule has 1 aliphatic carbocycles. The zero-order chi connectivity index (χ0) is 10.8. The molecule has 1 heterocycles. The van der Waals surface area contributed by atoms with Crippen molar-refractivity contribution in [2.75, 3.05) is 6.61 Å². The highest BCUT2D eigenvalue weighted by molar-refractivity contribution is 5.00. The highest BCUT2D eigenvalue weighted by atomic mass is 16.5. The summed E-state index contributed by atoms with van der Waals surface area (Å²) in [5, 5.41) is 19.6. The molecule has 1 aliphatic heterocycles. The van der Waals surface area contributed by atoms with Crippen molar-refractivity contribution in [3.8, 4) is 0 Å². The lowest BCUT2D eigenvalue weighted by Crippen LogP contribution is -2.25. The van der Waals surface area contributed by atoms with Crippen molar-refractivity contribution < 1.29 is 14.9 Å². The van der Waals surface area contributed by atoms with Crippen LogP contribution in [-0.4, -0.2) is 35.1 Å². The Balaban J connectivity index is 1.96. The van der Waals surface area contributed by atoms with Gasteiger partial charge in [0.15, 0.2) is 0 Å². The van der Waals surface area contributed by atoms with Crippen LogP contribution in [0.2, 0.25) is 0 Å². The second kappa shape index (κ2) is 4.64. The summed E-state index contributed by atoms with van der Waals surface area (Å²) < 4.78 is 5.56. The van der Waals surface area contributed by atoms with Gasteiger partial charge >= 0.3 is 0 Å². The maximum atomic E-state index is 9.86. The Labute approximate surface area is 90.8 Å². The van der Waals surface area contributed by atoms with Crippen LogP contribution in [0.15, 0.2) is 12.7 Å². The molecule has 0 aromatic carbocycles. The van der Waals surface area contributed by atoms with Crippen LogP contribution in [0.5, 0.6) is 0 Å². The topological polar surface area (TPSA) is 49.7 Å². The van der Waals surface area contributed by atoms with E-state index in [0.29, 0.717) is 6.42 Å². The normalized spacial score (nSPS) is 45.9. The fourth-order valence-corrected chi connectivity index (χ4v) is 2.90. The summed E-state index contributed by atoms with van der Waals surface area (Å²) in [4.78, 5) is 0. The molecule has 1 unspecified atom stereocenters. The fraction of sp³-hybridized carbons (Fsp3) is 0.833. The van der Waals surface area contributed by atoms with Crippen LogP contribution in [0.3, 0.4) is 0 Å². The SMILES string of the molecule is C=C[C@@H]1[C@@H](CC2CCCO2)[C@@H](O)C[C@H]1O. The van der Waals surface area contributed by atoms with E-state index in [9.17, 15) is 10.2 Å². The third-order valence-corrected chi connectivity index (χ3v) is 3.75. The highest BCUT2D eigenvalue weighted by Gasteiger charge is 2.41. The van der Waals surface area contributed by atoms with E-state index in [2.05, 4.69) is 6.58 Å². The van der Waals surface area contributed by atoms with Crippen molar-refractivity contribution in [2.45, 2.75) is 44.0 Å². The molecule has 3 heteroatoms. The molecule has 0 aromatic rings. The van der Waals surface area contributed by atoms with Crippen molar-refractivity contribution in [3.63, 3.8) is 0 Å². The van der Waals surface area contributed by atoms with Crippen LogP contribution < -0.4 is 0 Å². The van der Waals surface area contributed by atoms with Crippen LogP contribution in [0.25, 0.3) is 0 Å². The van der Waals surface area contributed by atoms with Crippen LogP contribution in [0.1, 0.15) is 25.7 Å². The van der Waals surface area contributed by atoms with Gasteiger partial charge in [-0.15, -0.1) is 6.58 Å². The molecular formula is C12H20O3. The molecule has 15 heavy (non-hydrogen) atoms. The summed E-state index contributed by atoms with van der Waals surface area (Å²) in [6.45, 7) is 4.58. The van der Waals surface area contributed by atoms with Crippen LogP contribution in [-0.2, 0) is 4.74 Å². The van der Waals surface area contributed by atoms with Crippen LogP contribution >= 0.6 is 0 Å². The van der Waals surface area contributed by atoms with Crippen molar-refractivity contribution >= 4 is 0 Å². The Morgan fingerprint density at radius 3 is 2.73 bits per heavy atom. The van der Waals surface area contributed by atoms with Gasteiger partial charge in [0.2, 0.25) is 0 Å². The summed E-state index contributed by atoms with van der Waals surface area (Å²) in [5.41, 5.74) is 0. The first-order valence-electron chi connectivity index (χ1n) is 5.82.